The molecule has 13 heteroatoms. The van der Waals surface area contributed by atoms with Crippen LogP contribution in [0.2, 0.25) is 0 Å². The number of aromatic nitrogens is 2. The summed E-state index contributed by atoms with van der Waals surface area (Å²) in [6.45, 7) is 0. The molecule has 0 saturated carbocycles. The molecule has 6 nitrogen and oxygen atoms in total. The number of ether oxygens (including phenoxy) is 1. The van der Waals surface area contributed by atoms with Gasteiger partial charge in [-0.05, 0) is 59.6 Å². The average molecular weight is 559 g/mol. The van der Waals surface area contributed by atoms with Gasteiger partial charge in [0.1, 0.15) is 23.6 Å². The molecule has 0 atom stereocenters. The Morgan fingerprint density at radius 1 is 0.949 bits per heavy atom. The number of nitrogens with zero attached hydrogens (tertiary/aromatic N) is 3. The molecule has 5 rings (SSSR count). The number of anilines is 1. The van der Waals surface area contributed by atoms with Crippen molar-refractivity contribution in [1.29, 1.82) is 0 Å². The Hall–Kier alpha value is -4.65. The lowest BCUT2D eigenvalue weighted by molar-refractivity contribution is -0.274. The van der Waals surface area contributed by atoms with E-state index in [9.17, 15) is 26.3 Å². The van der Waals surface area contributed by atoms with Crippen LogP contribution in [0.15, 0.2) is 78.2 Å². The zero-order valence-electron chi connectivity index (χ0n) is 19.4. The van der Waals surface area contributed by atoms with E-state index in [1.54, 1.807) is 17.0 Å². The van der Waals surface area contributed by atoms with Crippen molar-refractivity contribution in [3.8, 4) is 11.4 Å². The van der Waals surface area contributed by atoms with Gasteiger partial charge in [-0.25, -0.2) is 18.2 Å². The molecule has 1 aromatic heterocycles. The summed E-state index contributed by atoms with van der Waals surface area (Å²) in [6, 6.07) is 15.6. The predicted molar refractivity (Wildman–Crippen MR) is 139 cm³/mol. The summed E-state index contributed by atoms with van der Waals surface area (Å²) in [4.78, 5) is 4.48. The molecular formula is C26H15F6N5OS. The van der Waals surface area contributed by atoms with Crippen LogP contribution in [0.5, 0.6) is 5.75 Å². The summed E-state index contributed by atoms with van der Waals surface area (Å²) >= 11 is 4.98. The number of alkyl halides is 3. The van der Waals surface area contributed by atoms with Crippen molar-refractivity contribution in [2.45, 2.75) is 6.36 Å². The summed E-state index contributed by atoms with van der Waals surface area (Å²) in [5, 5.41) is 7.71. The third kappa shape index (κ3) is 5.77. The molecule has 0 saturated heterocycles. The smallest absolute Gasteiger partial charge is 0.406 e. The lowest BCUT2D eigenvalue weighted by atomic mass is 10.1. The lowest BCUT2D eigenvalue weighted by Crippen LogP contribution is -2.25. The maximum atomic E-state index is 13.8. The van der Waals surface area contributed by atoms with E-state index in [1.165, 1.54) is 30.5 Å². The highest BCUT2D eigenvalue weighted by Gasteiger charge is 2.31. The van der Waals surface area contributed by atoms with Gasteiger partial charge in [0.2, 0.25) is 0 Å². The first-order valence-corrected chi connectivity index (χ1v) is 11.5. The van der Waals surface area contributed by atoms with E-state index >= 15 is 0 Å². The van der Waals surface area contributed by atoms with E-state index < -0.39 is 29.5 Å². The molecule has 1 heterocycles. The van der Waals surface area contributed by atoms with Gasteiger partial charge in [-0.15, -0.1) is 13.2 Å². The van der Waals surface area contributed by atoms with E-state index in [-0.39, 0.29) is 10.9 Å². The number of hydrazone groups is 1. The zero-order chi connectivity index (χ0) is 27.7. The molecule has 0 radical (unpaired) electrons. The molecule has 0 fully saturated rings. The third-order valence-electron chi connectivity index (χ3n) is 5.53. The maximum absolute atomic E-state index is 13.8. The molecule has 39 heavy (non-hydrogen) atoms. The van der Waals surface area contributed by atoms with Gasteiger partial charge in [-0.2, -0.15) is 5.10 Å². The molecule has 0 aliphatic heterocycles. The van der Waals surface area contributed by atoms with Crippen molar-refractivity contribution in [1.82, 2.24) is 15.0 Å². The minimum absolute atomic E-state index is 0.207. The van der Waals surface area contributed by atoms with E-state index in [0.717, 1.165) is 16.3 Å². The second-order valence-electron chi connectivity index (χ2n) is 8.14. The SMILES string of the molecule is Fc1cc(F)c(NC(=S)N/N=C/c2ccc3c(ccc4c3ncn4-c3ccc(OC(F)(F)F)cc3)c2)c(F)c1. The number of fused-ring (bicyclic) bond motifs is 3. The monoisotopic (exact) mass is 559 g/mol. The van der Waals surface area contributed by atoms with Crippen LogP contribution in [-0.2, 0) is 0 Å². The van der Waals surface area contributed by atoms with E-state index in [2.05, 4.69) is 25.6 Å². The quantitative estimate of drug-likeness (QED) is 0.107. The number of thiocarbonyl (C=S) groups is 1. The second kappa shape index (κ2) is 10.3. The minimum Gasteiger partial charge on any atom is -0.406 e. The first kappa shape index (κ1) is 26.0. The molecule has 5 aromatic rings. The fourth-order valence-corrected chi connectivity index (χ4v) is 4.05. The number of benzene rings is 4. The Morgan fingerprint density at radius 3 is 2.36 bits per heavy atom. The minimum atomic E-state index is -4.77. The molecule has 0 bridgehead atoms. The van der Waals surface area contributed by atoms with Gasteiger partial charge >= 0.3 is 6.36 Å². The fraction of sp³-hybridized carbons (Fsp3) is 0.0385. The van der Waals surface area contributed by atoms with Crippen LogP contribution in [0.25, 0.3) is 27.5 Å². The molecule has 2 N–H and O–H groups in total. The molecule has 198 valence electrons. The van der Waals surface area contributed by atoms with Gasteiger partial charge in [-0.3, -0.25) is 9.99 Å². The molecule has 0 amide bonds. The van der Waals surface area contributed by atoms with Gasteiger partial charge in [0, 0.05) is 23.2 Å². The largest absolute Gasteiger partial charge is 0.573 e. The highest BCUT2D eigenvalue weighted by atomic mass is 32.1. The highest BCUT2D eigenvalue weighted by molar-refractivity contribution is 7.80. The fourth-order valence-electron chi connectivity index (χ4n) is 3.89. The number of hydrogen-bond donors (Lipinski definition) is 2. The zero-order valence-corrected chi connectivity index (χ0v) is 20.2. The summed E-state index contributed by atoms with van der Waals surface area (Å²) < 4.78 is 83.5. The Kier molecular flexibility index (Phi) is 6.83. The number of imidazole rings is 1. The standard InChI is InChI=1S/C26H15F6N5OS/c27-16-10-20(28)24(21(29)11-16)35-25(39)36-34-12-14-1-7-19-15(9-14)2-8-22-23(19)33-13-37(22)17-3-5-18(6-4-17)38-26(30,31)32/h1-13H,(H2,35,36,39)/b34-12+. The van der Waals surface area contributed by atoms with Crippen molar-refractivity contribution >= 4 is 51.0 Å². The van der Waals surface area contributed by atoms with Crippen molar-refractivity contribution < 1.29 is 31.1 Å². The molecule has 4 aromatic carbocycles. The summed E-state index contributed by atoms with van der Waals surface area (Å²) in [7, 11) is 0. The lowest BCUT2D eigenvalue weighted by Gasteiger charge is -2.10. The van der Waals surface area contributed by atoms with Gasteiger partial charge < -0.3 is 10.1 Å². The van der Waals surface area contributed by atoms with Crippen molar-refractivity contribution in [3.05, 3.63) is 96.1 Å². The van der Waals surface area contributed by atoms with Crippen LogP contribution in [0.1, 0.15) is 5.56 Å². The summed E-state index contributed by atoms with van der Waals surface area (Å²) in [5.74, 6) is -3.66. The van der Waals surface area contributed by atoms with Crippen LogP contribution in [0.4, 0.5) is 32.0 Å². The Morgan fingerprint density at radius 2 is 1.67 bits per heavy atom. The van der Waals surface area contributed by atoms with Gasteiger partial charge in [-0.1, -0.05) is 18.2 Å². The number of hydrogen-bond acceptors (Lipinski definition) is 4. The van der Waals surface area contributed by atoms with Crippen LogP contribution < -0.4 is 15.5 Å². The van der Waals surface area contributed by atoms with Crippen molar-refractivity contribution in [2.24, 2.45) is 5.10 Å². The molecule has 0 spiro atoms. The number of halogens is 6. The molecule has 0 unspecified atom stereocenters. The molecule has 0 aliphatic carbocycles. The number of rotatable bonds is 5. The van der Waals surface area contributed by atoms with Crippen LogP contribution in [-0.4, -0.2) is 27.2 Å². The number of nitrogens with one attached hydrogen (secondary N) is 2. The Balaban J connectivity index is 1.31. The maximum Gasteiger partial charge on any atom is 0.573 e. The second-order valence-corrected chi connectivity index (χ2v) is 8.55. The first-order valence-electron chi connectivity index (χ1n) is 11.1. The van der Waals surface area contributed by atoms with Gasteiger partial charge in [0.05, 0.1) is 17.2 Å². The Labute approximate surface area is 221 Å². The van der Waals surface area contributed by atoms with Crippen LogP contribution in [0.3, 0.4) is 0 Å². The van der Waals surface area contributed by atoms with Crippen molar-refractivity contribution in [3.63, 3.8) is 0 Å². The predicted octanol–water partition coefficient (Wildman–Crippen LogP) is 6.82. The Bertz CT molecular complexity index is 1710. The average Bonchev–Trinajstić information content (AvgIpc) is 3.30. The summed E-state index contributed by atoms with van der Waals surface area (Å²) in [6.07, 6.45) is -1.75. The third-order valence-corrected chi connectivity index (χ3v) is 5.72. The highest BCUT2D eigenvalue weighted by Crippen LogP contribution is 2.29. The van der Waals surface area contributed by atoms with Gasteiger partial charge in [0.25, 0.3) is 0 Å². The summed E-state index contributed by atoms with van der Waals surface area (Å²) in [5.41, 5.74) is 4.53. The van der Waals surface area contributed by atoms with Crippen molar-refractivity contribution in [2.75, 3.05) is 5.32 Å². The molecule has 0 aliphatic rings. The van der Waals surface area contributed by atoms with Gasteiger partial charge in [0.15, 0.2) is 16.7 Å². The molecular weight excluding hydrogens is 544 g/mol. The van der Waals surface area contributed by atoms with Crippen LogP contribution >= 0.6 is 12.2 Å². The van der Waals surface area contributed by atoms with E-state index in [1.807, 2.05) is 24.3 Å². The first-order chi connectivity index (χ1) is 18.6. The normalized spacial score (nSPS) is 11.8. The van der Waals surface area contributed by atoms with E-state index in [0.29, 0.717) is 28.9 Å². The topological polar surface area (TPSA) is 63.5 Å². The van der Waals surface area contributed by atoms with E-state index in [4.69, 9.17) is 12.2 Å². The van der Waals surface area contributed by atoms with Crippen LogP contribution in [0, 0.1) is 17.5 Å².